The van der Waals surface area contributed by atoms with E-state index >= 15 is 0 Å². The van der Waals surface area contributed by atoms with Crippen LogP contribution in [-0.2, 0) is 4.79 Å². The van der Waals surface area contributed by atoms with Crippen molar-refractivity contribution in [3.8, 4) is 17.2 Å². The number of anilines is 1. The topological polar surface area (TPSA) is 69.9 Å². The molecular formula is C22H21NO5. The van der Waals surface area contributed by atoms with Gasteiger partial charge in [-0.2, -0.15) is 0 Å². The molecule has 2 heterocycles. The van der Waals surface area contributed by atoms with E-state index in [9.17, 15) is 4.79 Å². The van der Waals surface area contributed by atoms with Crippen molar-refractivity contribution in [2.45, 2.75) is 20.8 Å². The number of carbonyl (C=O) groups is 1. The summed E-state index contributed by atoms with van der Waals surface area (Å²) < 4.78 is 22.0. The highest BCUT2D eigenvalue weighted by atomic mass is 16.7. The van der Waals surface area contributed by atoms with E-state index in [1.54, 1.807) is 30.5 Å². The molecule has 1 N–H and O–H groups in total. The van der Waals surface area contributed by atoms with Gasteiger partial charge in [0.25, 0.3) is 0 Å². The van der Waals surface area contributed by atoms with Crippen LogP contribution in [0.3, 0.4) is 0 Å². The minimum absolute atomic E-state index is 0.196. The van der Waals surface area contributed by atoms with E-state index in [0.29, 0.717) is 29.5 Å². The molecule has 0 unspecified atom stereocenters. The van der Waals surface area contributed by atoms with E-state index in [2.05, 4.69) is 5.32 Å². The summed E-state index contributed by atoms with van der Waals surface area (Å²) in [5, 5.41) is 3.86. The summed E-state index contributed by atoms with van der Waals surface area (Å²) in [7, 11) is 0. The fourth-order valence-electron chi connectivity index (χ4n) is 3.19. The zero-order valence-corrected chi connectivity index (χ0v) is 16.0. The number of furan rings is 1. The lowest BCUT2D eigenvalue weighted by molar-refractivity contribution is -0.111. The van der Waals surface area contributed by atoms with Crippen molar-refractivity contribution in [1.29, 1.82) is 0 Å². The Bertz CT molecular complexity index is 1080. The van der Waals surface area contributed by atoms with Crippen molar-refractivity contribution < 1.29 is 23.4 Å². The highest BCUT2D eigenvalue weighted by Crippen LogP contribution is 2.35. The number of ether oxygens (including phenoxy) is 3. The van der Waals surface area contributed by atoms with Crippen LogP contribution in [-0.4, -0.2) is 19.3 Å². The zero-order chi connectivity index (χ0) is 19.7. The van der Waals surface area contributed by atoms with Crippen molar-refractivity contribution in [3.63, 3.8) is 0 Å². The van der Waals surface area contributed by atoms with Gasteiger partial charge in [0, 0.05) is 34.8 Å². The molecule has 1 amide bonds. The van der Waals surface area contributed by atoms with Gasteiger partial charge in [0.15, 0.2) is 11.5 Å². The fourth-order valence-corrected chi connectivity index (χ4v) is 3.19. The van der Waals surface area contributed by atoms with Gasteiger partial charge in [-0.25, -0.2) is 0 Å². The van der Waals surface area contributed by atoms with Gasteiger partial charge in [-0.3, -0.25) is 4.79 Å². The Morgan fingerprint density at radius 3 is 2.86 bits per heavy atom. The predicted molar refractivity (Wildman–Crippen MR) is 107 cm³/mol. The summed E-state index contributed by atoms with van der Waals surface area (Å²) in [5.41, 5.74) is 4.10. The van der Waals surface area contributed by atoms with E-state index < -0.39 is 0 Å². The van der Waals surface area contributed by atoms with E-state index in [1.807, 2.05) is 32.9 Å². The molecule has 0 saturated heterocycles. The van der Waals surface area contributed by atoms with Crippen LogP contribution in [0.15, 0.2) is 47.1 Å². The van der Waals surface area contributed by atoms with Gasteiger partial charge in [-0.1, -0.05) is 0 Å². The van der Waals surface area contributed by atoms with Crippen LogP contribution in [0.2, 0.25) is 0 Å². The Labute approximate surface area is 162 Å². The molecule has 4 rings (SSSR count). The first kappa shape index (κ1) is 18.0. The number of benzene rings is 2. The standard InChI is InChI=1S/C22H21NO5/c1-4-25-19-10-20-17(14(3)11-26-20)9-16(19)13(2)7-22(24)23-15-5-6-18-21(8-15)28-12-27-18/h5-11H,4,12H2,1-3H3,(H,23,24)/b13-7+. The predicted octanol–water partition coefficient (Wildman–Crippen LogP) is 4.91. The monoisotopic (exact) mass is 379 g/mol. The third-order valence-electron chi connectivity index (χ3n) is 4.58. The average Bonchev–Trinajstić information content (AvgIpc) is 3.27. The molecular weight excluding hydrogens is 358 g/mol. The maximum absolute atomic E-state index is 12.5. The van der Waals surface area contributed by atoms with E-state index in [1.165, 1.54) is 0 Å². The highest BCUT2D eigenvalue weighted by molar-refractivity contribution is 6.04. The lowest BCUT2D eigenvalue weighted by atomic mass is 10.0. The quantitative estimate of drug-likeness (QED) is 0.638. The van der Waals surface area contributed by atoms with Gasteiger partial charge in [0.2, 0.25) is 12.7 Å². The Balaban J connectivity index is 1.61. The van der Waals surface area contributed by atoms with Crippen LogP contribution in [0.25, 0.3) is 16.5 Å². The van der Waals surface area contributed by atoms with Crippen molar-refractivity contribution in [2.24, 2.45) is 0 Å². The number of allylic oxidation sites excluding steroid dienone is 1. The Hall–Kier alpha value is -3.41. The molecule has 0 saturated carbocycles. The van der Waals surface area contributed by atoms with Crippen LogP contribution in [0.5, 0.6) is 17.2 Å². The van der Waals surface area contributed by atoms with E-state index in [-0.39, 0.29) is 12.7 Å². The van der Waals surface area contributed by atoms with Crippen molar-refractivity contribution in [2.75, 3.05) is 18.7 Å². The molecule has 28 heavy (non-hydrogen) atoms. The number of fused-ring (bicyclic) bond motifs is 2. The van der Waals surface area contributed by atoms with Gasteiger partial charge in [-0.15, -0.1) is 0 Å². The summed E-state index contributed by atoms with van der Waals surface area (Å²) in [5.74, 6) is 1.75. The van der Waals surface area contributed by atoms with E-state index in [4.69, 9.17) is 18.6 Å². The van der Waals surface area contributed by atoms with Crippen molar-refractivity contribution in [3.05, 3.63) is 53.8 Å². The molecule has 6 heteroatoms. The first-order valence-corrected chi connectivity index (χ1v) is 9.09. The summed E-state index contributed by atoms with van der Waals surface area (Å²) >= 11 is 0. The summed E-state index contributed by atoms with van der Waals surface area (Å²) in [6, 6.07) is 9.17. The smallest absolute Gasteiger partial charge is 0.248 e. The fraction of sp³-hybridized carbons (Fsp3) is 0.227. The molecule has 0 aliphatic carbocycles. The van der Waals surface area contributed by atoms with Gasteiger partial charge in [0.05, 0.1) is 12.9 Å². The van der Waals surface area contributed by atoms with Crippen molar-refractivity contribution >= 4 is 28.1 Å². The number of rotatable bonds is 5. The molecule has 0 fully saturated rings. The molecule has 144 valence electrons. The summed E-state index contributed by atoms with van der Waals surface area (Å²) in [4.78, 5) is 12.5. The SMILES string of the molecule is CCOc1cc2occ(C)c2cc1/C(C)=C/C(=O)Nc1ccc2c(c1)OCO2. The first-order valence-electron chi connectivity index (χ1n) is 9.09. The number of aryl methyl sites for hydroxylation is 1. The van der Waals surface area contributed by atoms with Gasteiger partial charge in [0.1, 0.15) is 11.3 Å². The first-order chi connectivity index (χ1) is 13.5. The lowest BCUT2D eigenvalue weighted by Crippen LogP contribution is -2.08. The highest BCUT2D eigenvalue weighted by Gasteiger charge is 2.15. The molecule has 1 aromatic heterocycles. The molecule has 6 nitrogen and oxygen atoms in total. The second-order valence-corrected chi connectivity index (χ2v) is 6.58. The van der Waals surface area contributed by atoms with Gasteiger partial charge in [-0.05, 0) is 50.1 Å². The normalized spacial score (nSPS) is 13.0. The van der Waals surface area contributed by atoms with E-state index in [0.717, 1.165) is 27.7 Å². The second kappa shape index (κ2) is 7.31. The molecule has 0 radical (unpaired) electrons. The van der Waals surface area contributed by atoms with Crippen LogP contribution >= 0.6 is 0 Å². The number of hydrogen-bond acceptors (Lipinski definition) is 5. The molecule has 0 spiro atoms. The Morgan fingerprint density at radius 1 is 1.21 bits per heavy atom. The van der Waals surface area contributed by atoms with Crippen molar-refractivity contribution in [1.82, 2.24) is 0 Å². The summed E-state index contributed by atoms with van der Waals surface area (Å²) in [6.45, 7) is 6.52. The number of amides is 1. The molecule has 0 bridgehead atoms. The zero-order valence-electron chi connectivity index (χ0n) is 16.0. The number of hydrogen-bond donors (Lipinski definition) is 1. The Morgan fingerprint density at radius 2 is 2.04 bits per heavy atom. The van der Waals surface area contributed by atoms with Crippen LogP contribution in [0.4, 0.5) is 5.69 Å². The molecule has 3 aromatic rings. The third kappa shape index (κ3) is 3.41. The molecule has 1 aliphatic rings. The molecule has 0 atom stereocenters. The van der Waals surface area contributed by atoms with Crippen LogP contribution < -0.4 is 19.5 Å². The lowest BCUT2D eigenvalue weighted by Gasteiger charge is -2.11. The number of carbonyl (C=O) groups excluding carboxylic acids is 1. The third-order valence-corrected chi connectivity index (χ3v) is 4.58. The Kier molecular flexibility index (Phi) is 4.69. The minimum Gasteiger partial charge on any atom is -0.493 e. The van der Waals surface area contributed by atoms with Crippen LogP contribution in [0.1, 0.15) is 25.0 Å². The maximum atomic E-state index is 12.5. The molecule has 1 aliphatic heterocycles. The summed E-state index contributed by atoms with van der Waals surface area (Å²) in [6.07, 6.45) is 3.28. The van der Waals surface area contributed by atoms with Gasteiger partial charge >= 0.3 is 0 Å². The van der Waals surface area contributed by atoms with Gasteiger partial charge < -0.3 is 23.9 Å². The molecule has 2 aromatic carbocycles. The van der Waals surface area contributed by atoms with Crippen LogP contribution in [0, 0.1) is 6.92 Å². The second-order valence-electron chi connectivity index (χ2n) is 6.58. The maximum Gasteiger partial charge on any atom is 0.248 e. The minimum atomic E-state index is -0.233. The number of nitrogens with one attached hydrogen (secondary N) is 1. The largest absolute Gasteiger partial charge is 0.493 e. The average molecular weight is 379 g/mol.